The van der Waals surface area contributed by atoms with Crippen molar-refractivity contribution in [1.82, 2.24) is 4.98 Å². The molecular formula is C10H6BrClN2O5S. The Labute approximate surface area is 126 Å². The second-order valence-corrected chi connectivity index (χ2v) is 6.41. The van der Waals surface area contributed by atoms with Crippen molar-refractivity contribution in [3.8, 4) is 0 Å². The first kappa shape index (κ1) is 14.8. The number of carbonyl (C=O) groups is 1. The van der Waals surface area contributed by atoms with E-state index >= 15 is 0 Å². The zero-order valence-corrected chi connectivity index (χ0v) is 12.7. The number of hydrogen-bond acceptors (Lipinski definition) is 5. The molecule has 0 aliphatic rings. The van der Waals surface area contributed by atoms with Crippen LogP contribution in [0.5, 0.6) is 0 Å². The highest BCUT2D eigenvalue weighted by Gasteiger charge is 2.22. The molecule has 0 bridgehead atoms. The molecule has 0 aliphatic heterocycles. The standard InChI is InChI=1S/C10H6BrClN2O5S/c11-5-3-6(9(12)13-4-5)14-20(17,18)8-2-1-7(19-8)10(15)16/h1-4,14H,(H,15,16). The van der Waals surface area contributed by atoms with Crippen LogP contribution in [-0.2, 0) is 10.0 Å². The largest absolute Gasteiger partial charge is 0.475 e. The van der Waals surface area contributed by atoms with Crippen LogP contribution >= 0.6 is 27.5 Å². The third-order valence-electron chi connectivity index (χ3n) is 2.11. The molecule has 0 saturated carbocycles. The number of furan rings is 1. The van der Waals surface area contributed by atoms with Gasteiger partial charge in [-0.1, -0.05) is 11.6 Å². The lowest BCUT2D eigenvalue weighted by atomic mass is 10.4. The van der Waals surface area contributed by atoms with Crippen LogP contribution in [0.25, 0.3) is 0 Å². The summed E-state index contributed by atoms with van der Waals surface area (Å²) >= 11 is 8.89. The van der Waals surface area contributed by atoms with Crippen LogP contribution in [0.3, 0.4) is 0 Å². The molecule has 2 aromatic rings. The van der Waals surface area contributed by atoms with Gasteiger partial charge < -0.3 is 9.52 Å². The molecule has 0 saturated heterocycles. The van der Waals surface area contributed by atoms with Crippen LogP contribution in [0.4, 0.5) is 5.69 Å². The molecule has 7 nitrogen and oxygen atoms in total. The molecule has 0 aromatic carbocycles. The summed E-state index contributed by atoms with van der Waals surface area (Å²) in [5.41, 5.74) is 0.0364. The van der Waals surface area contributed by atoms with Crippen LogP contribution in [0, 0.1) is 0 Å². The van der Waals surface area contributed by atoms with Gasteiger partial charge in [-0.3, -0.25) is 4.72 Å². The van der Waals surface area contributed by atoms with Gasteiger partial charge >= 0.3 is 5.97 Å². The Morgan fingerprint density at radius 1 is 1.45 bits per heavy atom. The Balaban J connectivity index is 2.35. The van der Waals surface area contributed by atoms with Crippen molar-refractivity contribution in [2.75, 3.05) is 4.72 Å². The lowest BCUT2D eigenvalue weighted by Gasteiger charge is -2.07. The molecule has 0 radical (unpaired) electrons. The van der Waals surface area contributed by atoms with Gasteiger partial charge in [0.05, 0.1) is 5.69 Å². The minimum absolute atomic E-state index is 0.0364. The highest BCUT2D eigenvalue weighted by molar-refractivity contribution is 9.10. The minimum Gasteiger partial charge on any atom is -0.475 e. The third kappa shape index (κ3) is 3.11. The topological polar surface area (TPSA) is 110 Å². The predicted molar refractivity (Wildman–Crippen MR) is 73.4 cm³/mol. The highest BCUT2D eigenvalue weighted by atomic mass is 79.9. The van der Waals surface area contributed by atoms with Crippen molar-refractivity contribution in [2.24, 2.45) is 0 Å². The van der Waals surface area contributed by atoms with E-state index in [0.717, 1.165) is 12.1 Å². The zero-order chi connectivity index (χ0) is 14.9. The van der Waals surface area contributed by atoms with Crippen molar-refractivity contribution in [2.45, 2.75) is 5.09 Å². The van der Waals surface area contributed by atoms with E-state index in [1.165, 1.54) is 12.3 Å². The summed E-state index contributed by atoms with van der Waals surface area (Å²) in [6.45, 7) is 0. The van der Waals surface area contributed by atoms with Gasteiger partial charge in [0.25, 0.3) is 10.0 Å². The van der Waals surface area contributed by atoms with Crippen molar-refractivity contribution < 1.29 is 22.7 Å². The number of nitrogens with one attached hydrogen (secondary N) is 1. The number of pyridine rings is 1. The van der Waals surface area contributed by atoms with Gasteiger partial charge in [0.1, 0.15) is 0 Å². The maximum absolute atomic E-state index is 12.0. The van der Waals surface area contributed by atoms with E-state index in [4.69, 9.17) is 21.1 Å². The molecule has 0 spiro atoms. The van der Waals surface area contributed by atoms with Gasteiger partial charge in [0.2, 0.25) is 10.9 Å². The zero-order valence-electron chi connectivity index (χ0n) is 9.50. The summed E-state index contributed by atoms with van der Waals surface area (Å²) in [5, 5.41) is 8.10. The lowest BCUT2D eigenvalue weighted by molar-refractivity contribution is 0.0656. The van der Waals surface area contributed by atoms with Gasteiger partial charge in [-0.05, 0) is 34.1 Å². The molecular weight excluding hydrogens is 376 g/mol. The number of halogens is 2. The first-order chi connectivity index (χ1) is 9.29. The second kappa shape index (κ2) is 5.43. The fraction of sp³-hybridized carbons (Fsp3) is 0. The Hall–Kier alpha value is -1.58. The molecule has 2 aromatic heterocycles. The average Bonchev–Trinajstić information content (AvgIpc) is 2.84. The molecule has 106 valence electrons. The third-order valence-corrected chi connectivity index (χ3v) is 4.08. The molecule has 20 heavy (non-hydrogen) atoms. The summed E-state index contributed by atoms with van der Waals surface area (Å²) in [7, 11) is -4.09. The Bertz CT molecular complexity index is 774. The Morgan fingerprint density at radius 2 is 2.15 bits per heavy atom. The second-order valence-electron chi connectivity index (χ2n) is 3.52. The van der Waals surface area contributed by atoms with E-state index in [9.17, 15) is 13.2 Å². The molecule has 0 fully saturated rings. The van der Waals surface area contributed by atoms with Crippen molar-refractivity contribution >= 4 is 49.2 Å². The number of rotatable bonds is 4. The summed E-state index contributed by atoms with van der Waals surface area (Å²) in [5.74, 6) is -1.85. The van der Waals surface area contributed by atoms with Crippen LogP contribution in [-0.4, -0.2) is 24.5 Å². The van der Waals surface area contributed by atoms with Crippen LogP contribution < -0.4 is 4.72 Å². The first-order valence-electron chi connectivity index (χ1n) is 4.96. The fourth-order valence-electron chi connectivity index (χ4n) is 1.27. The highest BCUT2D eigenvalue weighted by Crippen LogP contribution is 2.26. The van der Waals surface area contributed by atoms with Crippen LogP contribution in [0.15, 0.2) is 38.4 Å². The summed E-state index contributed by atoms with van der Waals surface area (Å²) < 4.78 is 31.4. The number of carboxylic acids is 1. The van der Waals surface area contributed by atoms with E-state index in [1.807, 2.05) is 0 Å². The van der Waals surface area contributed by atoms with Gasteiger partial charge in [-0.2, -0.15) is 8.42 Å². The molecule has 0 amide bonds. The van der Waals surface area contributed by atoms with Crippen LogP contribution in [0.1, 0.15) is 10.6 Å². The number of sulfonamides is 1. The van der Waals surface area contributed by atoms with E-state index in [2.05, 4.69) is 25.6 Å². The number of carboxylic acid groups (broad SMARTS) is 1. The average molecular weight is 382 g/mol. The fourth-order valence-corrected chi connectivity index (χ4v) is 2.80. The van der Waals surface area contributed by atoms with E-state index in [-0.39, 0.29) is 10.8 Å². The number of aromatic nitrogens is 1. The monoisotopic (exact) mass is 380 g/mol. The van der Waals surface area contributed by atoms with Gasteiger partial charge in [0.15, 0.2) is 5.15 Å². The maximum Gasteiger partial charge on any atom is 0.371 e. The minimum atomic E-state index is -4.09. The molecule has 2 heterocycles. The summed E-state index contributed by atoms with van der Waals surface area (Å²) in [6.07, 6.45) is 1.40. The van der Waals surface area contributed by atoms with E-state index in [0.29, 0.717) is 4.47 Å². The van der Waals surface area contributed by atoms with Crippen molar-refractivity contribution in [3.05, 3.63) is 39.8 Å². The SMILES string of the molecule is O=C(O)c1ccc(S(=O)(=O)Nc2cc(Br)cnc2Cl)o1. The van der Waals surface area contributed by atoms with Crippen molar-refractivity contribution in [3.63, 3.8) is 0 Å². The van der Waals surface area contributed by atoms with E-state index < -0.39 is 26.8 Å². The van der Waals surface area contributed by atoms with Gasteiger partial charge in [-0.15, -0.1) is 0 Å². The Kier molecular flexibility index (Phi) is 4.02. The van der Waals surface area contributed by atoms with Gasteiger partial charge in [0, 0.05) is 10.7 Å². The predicted octanol–water partition coefficient (Wildman–Crippen LogP) is 2.59. The molecule has 2 rings (SSSR count). The number of anilines is 1. The quantitative estimate of drug-likeness (QED) is 0.788. The summed E-state index contributed by atoms with van der Waals surface area (Å²) in [6, 6.07) is 3.48. The smallest absolute Gasteiger partial charge is 0.371 e. The molecule has 0 atom stereocenters. The maximum atomic E-state index is 12.0. The molecule has 0 unspecified atom stereocenters. The first-order valence-corrected chi connectivity index (χ1v) is 7.62. The van der Waals surface area contributed by atoms with Gasteiger partial charge in [-0.25, -0.2) is 9.78 Å². The summed E-state index contributed by atoms with van der Waals surface area (Å²) in [4.78, 5) is 14.4. The Morgan fingerprint density at radius 3 is 2.75 bits per heavy atom. The lowest BCUT2D eigenvalue weighted by Crippen LogP contribution is -2.13. The molecule has 10 heteroatoms. The van der Waals surface area contributed by atoms with Crippen LogP contribution in [0.2, 0.25) is 5.15 Å². The molecule has 0 aliphatic carbocycles. The number of aromatic carboxylic acids is 1. The molecule has 2 N–H and O–H groups in total. The number of hydrogen-bond donors (Lipinski definition) is 2. The normalized spacial score (nSPS) is 11.3. The van der Waals surface area contributed by atoms with E-state index in [1.54, 1.807) is 0 Å². The van der Waals surface area contributed by atoms with Crippen molar-refractivity contribution in [1.29, 1.82) is 0 Å². The number of nitrogens with zero attached hydrogens (tertiary/aromatic N) is 1.